The van der Waals surface area contributed by atoms with Crippen LogP contribution in [-0.4, -0.2) is 40.8 Å². The highest BCUT2D eigenvalue weighted by Crippen LogP contribution is 2.39. The number of aromatic nitrogens is 1. The normalized spacial score (nSPS) is 13.5. The number of ether oxygens (including phenoxy) is 2. The van der Waals surface area contributed by atoms with Crippen LogP contribution in [0.25, 0.3) is 0 Å². The number of benzene rings is 2. The first kappa shape index (κ1) is 25.9. The number of anilines is 2. The number of halogens is 1. The van der Waals surface area contributed by atoms with Gasteiger partial charge in [0.2, 0.25) is 5.91 Å². The summed E-state index contributed by atoms with van der Waals surface area (Å²) in [5.74, 6) is -1.77. The maximum Gasteiger partial charge on any atom is 0.273 e. The summed E-state index contributed by atoms with van der Waals surface area (Å²) >= 11 is 0.690. The van der Waals surface area contributed by atoms with Crippen molar-refractivity contribution in [2.75, 3.05) is 23.8 Å². The summed E-state index contributed by atoms with van der Waals surface area (Å²) in [5, 5.41) is 2.89. The Bertz CT molecular complexity index is 1350. The molecule has 1 aromatic heterocycles. The number of carbonyl (C=O) groups excluding carboxylic acids is 3. The van der Waals surface area contributed by atoms with Crippen LogP contribution in [0.3, 0.4) is 0 Å². The van der Waals surface area contributed by atoms with Crippen molar-refractivity contribution in [3.05, 3.63) is 64.4 Å². The van der Waals surface area contributed by atoms with E-state index in [-0.39, 0.29) is 21.9 Å². The van der Waals surface area contributed by atoms with Crippen LogP contribution in [0, 0.1) is 5.82 Å². The third kappa shape index (κ3) is 5.48. The van der Waals surface area contributed by atoms with Crippen LogP contribution in [0.15, 0.2) is 42.5 Å². The molecule has 0 radical (unpaired) electrons. The van der Waals surface area contributed by atoms with Gasteiger partial charge in [-0.1, -0.05) is 12.1 Å². The van der Waals surface area contributed by atoms with Gasteiger partial charge in [0.05, 0.1) is 5.69 Å². The molecule has 2 heterocycles. The fourth-order valence-corrected chi connectivity index (χ4v) is 4.55. The number of primary amides is 1. The summed E-state index contributed by atoms with van der Waals surface area (Å²) < 4.78 is 29.0. The second-order valence-electron chi connectivity index (χ2n) is 9.33. The van der Waals surface area contributed by atoms with Crippen LogP contribution in [-0.2, 0) is 4.79 Å². The predicted molar refractivity (Wildman–Crippen MR) is 136 cm³/mol. The number of hydrogen-bond donors (Lipinski definition) is 3. The van der Waals surface area contributed by atoms with Gasteiger partial charge in [-0.2, -0.15) is 4.37 Å². The molecule has 1 atom stereocenters. The second kappa shape index (κ2) is 10.1. The number of rotatable bonds is 6. The van der Waals surface area contributed by atoms with Crippen LogP contribution in [0.2, 0.25) is 0 Å². The van der Waals surface area contributed by atoms with Crippen LogP contribution in [0.1, 0.15) is 52.5 Å². The Labute approximate surface area is 216 Å². The number of hydrogen-bond acceptors (Lipinski definition) is 8. The SMILES string of the molecule is CC(C)(C)NC(=O)C(c1ccc(F)cc1)N(C(=O)c1snc(C(N)=O)c1N)c1ccc2c(c1)OCCO2. The number of amides is 3. The third-order valence-corrected chi connectivity index (χ3v) is 6.22. The molecule has 0 spiro atoms. The van der Waals surface area contributed by atoms with Crippen molar-refractivity contribution in [3.63, 3.8) is 0 Å². The molecule has 5 N–H and O–H groups in total. The maximum absolute atomic E-state index is 14.1. The van der Waals surface area contributed by atoms with E-state index in [2.05, 4.69) is 9.69 Å². The minimum absolute atomic E-state index is 0.0839. The van der Waals surface area contributed by atoms with E-state index in [0.29, 0.717) is 41.8 Å². The molecule has 12 heteroatoms. The van der Waals surface area contributed by atoms with Crippen LogP contribution in [0.4, 0.5) is 15.8 Å². The average Bonchev–Trinajstić information content (AvgIpc) is 3.23. The average molecular weight is 528 g/mol. The van der Waals surface area contributed by atoms with Crippen molar-refractivity contribution in [1.82, 2.24) is 9.69 Å². The van der Waals surface area contributed by atoms with Crippen LogP contribution < -0.4 is 31.2 Å². The highest BCUT2D eigenvalue weighted by Gasteiger charge is 2.37. The molecule has 37 heavy (non-hydrogen) atoms. The number of nitrogens with two attached hydrogens (primary N) is 2. The monoisotopic (exact) mass is 527 g/mol. The van der Waals surface area contributed by atoms with Gasteiger partial charge in [-0.15, -0.1) is 0 Å². The summed E-state index contributed by atoms with van der Waals surface area (Å²) in [6, 6.07) is 8.78. The lowest BCUT2D eigenvalue weighted by molar-refractivity contribution is -0.123. The van der Waals surface area contributed by atoms with Gasteiger partial charge in [-0.3, -0.25) is 19.3 Å². The van der Waals surface area contributed by atoms with Crippen molar-refractivity contribution in [1.29, 1.82) is 0 Å². The zero-order valence-corrected chi connectivity index (χ0v) is 21.2. The van der Waals surface area contributed by atoms with Crippen molar-refractivity contribution in [3.8, 4) is 11.5 Å². The van der Waals surface area contributed by atoms with E-state index in [9.17, 15) is 18.8 Å². The van der Waals surface area contributed by atoms with Crippen molar-refractivity contribution >= 4 is 40.6 Å². The van der Waals surface area contributed by atoms with E-state index >= 15 is 0 Å². The lowest BCUT2D eigenvalue weighted by Gasteiger charge is -2.34. The van der Waals surface area contributed by atoms with Gasteiger partial charge < -0.3 is 26.3 Å². The highest BCUT2D eigenvalue weighted by atomic mass is 32.1. The predicted octanol–water partition coefficient (Wildman–Crippen LogP) is 3.04. The highest BCUT2D eigenvalue weighted by molar-refractivity contribution is 7.09. The number of carbonyl (C=O) groups is 3. The third-order valence-electron chi connectivity index (χ3n) is 5.37. The molecule has 3 aromatic rings. The van der Waals surface area contributed by atoms with Gasteiger partial charge in [-0.25, -0.2) is 4.39 Å². The van der Waals surface area contributed by atoms with E-state index in [1.54, 1.807) is 39.0 Å². The van der Waals surface area contributed by atoms with Gasteiger partial charge in [-0.05, 0) is 62.1 Å². The molecule has 3 amide bonds. The minimum atomic E-state index is -1.26. The Morgan fingerprint density at radius 3 is 2.32 bits per heavy atom. The second-order valence-corrected chi connectivity index (χ2v) is 10.1. The Hall–Kier alpha value is -4.19. The number of nitrogens with zero attached hydrogens (tertiary/aromatic N) is 2. The zero-order valence-electron chi connectivity index (χ0n) is 20.4. The van der Waals surface area contributed by atoms with Gasteiger partial charge in [0.1, 0.15) is 29.9 Å². The summed E-state index contributed by atoms with van der Waals surface area (Å²) in [6.07, 6.45) is 0. The molecule has 0 saturated carbocycles. The summed E-state index contributed by atoms with van der Waals surface area (Å²) in [6.45, 7) is 6.06. The molecule has 0 bridgehead atoms. The zero-order chi connectivity index (χ0) is 26.9. The molecule has 1 unspecified atom stereocenters. The summed E-state index contributed by atoms with van der Waals surface area (Å²) in [4.78, 5) is 40.6. The summed E-state index contributed by atoms with van der Waals surface area (Å²) in [7, 11) is 0. The number of nitrogen functional groups attached to an aromatic ring is 1. The first-order valence-corrected chi connectivity index (χ1v) is 12.1. The van der Waals surface area contributed by atoms with E-state index in [1.807, 2.05) is 0 Å². The van der Waals surface area contributed by atoms with Crippen molar-refractivity contribution < 1.29 is 28.2 Å². The molecule has 0 saturated heterocycles. The summed E-state index contributed by atoms with van der Waals surface area (Å²) in [5.41, 5.74) is 10.9. The van der Waals surface area contributed by atoms with Gasteiger partial charge >= 0.3 is 0 Å². The standard InChI is InChI=1S/C25H26FN5O5S/c1-25(2,3)29-23(33)20(13-4-6-14(26)7-5-13)31(15-8-9-16-17(12-15)36-11-10-35-16)24(34)21-18(27)19(22(28)32)30-37-21/h4-9,12,20H,10-11,27H2,1-3H3,(H2,28,32)(H,29,33). The maximum atomic E-state index is 14.1. The molecule has 1 aliphatic rings. The quantitative estimate of drug-likeness (QED) is 0.446. The topological polar surface area (TPSA) is 150 Å². The lowest BCUT2D eigenvalue weighted by Crippen LogP contribution is -2.49. The van der Waals surface area contributed by atoms with E-state index in [1.165, 1.54) is 29.2 Å². The van der Waals surface area contributed by atoms with Gasteiger partial charge in [0, 0.05) is 17.3 Å². The number of nitrogens with one attached hydrogen (secondary N) is 1. The molecule has 10 nitrogen and oxygen atoms in total. The molecular weight excluding hydrogens is 501 g/mol. The Morgan fingerprint density at radius 2 is 1.73 bits per heavy atom. The van der Waals surface area contributed by atoms with Gasteiger partial charge in [0.15, 0.2) is 17.2 Å². The smallest absolute Gasteiger partial charge is 0.273 e. The van der Waals surface area contributed by atoms with Crippen LogP contribution >= 0.6 is 11.5 Å². The molecular formula is C25H26FN5O5S. The van der Waals surface area contributed by atoms with E-state index in [4.69, 9.17) is 20.9 Å². The molecule has 2 aromatic carbocycles. The molecule has 0 aliphatic carbocycles. The van der Waals surface area contributed by atoms with E-state index in [0.717, 1.165) is 0 Å². The molecule has 0 fully saturated rings. The molecule has 194 valence electrons. The first-order valence-electron chi connectivity index (χ1n) is 11.3. The fraction of sp³-hybridized carbons (Fsp3) is 0.280. The molecule has 1 aliphatic heterocycles. The molecule has 4 rings (SSSR count). The van der Waals surface area contributed by atoms with Crippen LogP contribution in [0.5, 0.6) is 11.5 Å². The van der Waals surface area contributed by atoms with Crippen molar-refractivity contribution in [2.45, 2.75) is 32.4 Å². The Balaban J connectivity index is 1.91. The minimum Gasteiger partial charge on any atom is -0.486 e. The largest absolute Gasteiger partial charge is 0.486 e. The van der Waals surface area contributed by atoms with Crippen molar-refractivity contribution in [2.24, 2.45) is 5.73 Å². The Kier molecular flexibility index (Phi) is 7.03. The Morgan fingerprint density at radius 1 is 1.08 bits per heavy atom. The van der Waals surface area contributed by atoms with Gasteiger partial charge in [0.25, 0.3) is 11.8 Å². The first-order chi connectivity index (χ1) is 17.5. The van der Waals surface area contributed by atoms with E-state index < -0.39 is 35.1 Å². The fourth-order valence-electron chi connectivity index (χ4n) is 3.80. The lowest BCUT2D eigenvalue weighted by atomic mass is 10.00. The number of fused-ring (bicyclic) bond motifs is 1.